The summed E-state index contributed by atoms with van der Waals surface area (Å²) in [5.74, 6) is 0. The molecule has 0 aliphatic rings. The van der Waals surface area contributed by atoms with Gasteiger partial charge in [-0.2, -0.15) is 0 Å². The third-order valence-electron chi connectivity index (χ3n) is 2.60. The molecule has 3 aromatic rings. The lowest BCUT2D eigenvalue weighted by atomic mass is 10.2. The molecule has 0 saturated carbocycles. The van der Waals surface area contributed by atoms with Crippen molar-refractivity contribution in [3.63, 3.8) is 0 Å². The molecule has 0 saturated heterocycles. The van der Waals surface area contributed by atoms with Gasteiger partial charge in [-0.15, -0.1) is 0 Å². The monoisotopic (exact) mass is 221 g/mol. The third-order valence-corrected chi connectivity index (χ3v) is 2.60. The molecule has 0 atom stereocenters. The van der Waals surface area contributed by atoms with Crippen LogP contribution in [0.15, 0.2) is 61.1 Å². The van der Waals surface area contributed by atoms with Gasteiger partial charge in [-0.05, 0) is 24.3 Å². The molecule has 1 N–H and O–H groups in total. The minimum atomic E-state index is 0.945. The highest BCUT2D eigenvalue weighted by molar-refractivity contribution is 5.92. The van der Waals surface area contributed by atoms with E-state index in [1.165, 1.54) is 0 Å². The summed E-state index contributed by atoms with van der Waals surface area (Å²) in [7, 11) is 0. The van der Waals surface area contributed by atoms with Crippen molar-refractivity contribution in [1.29, 1.82) is 0 Å². The topological polar surface area (TPSA) is 37.8 Å². The zero-order valence-electron chi connectivity index (χ0n) is 9.17. The minimum absolute atomic E-state index is 0.945. The van der Waals surface area contributed by atoms with Gasteiger partial charge in [0.05, 0.1) is 5.52 Å². The molecule has 1 aromatic heterocycles. The van der Waals surface area contributed by atoms with Crippen molar-refractivity contribution in [2.24, 2.45) is 0 Å². The summed E-state index contributed by atoms with van der Waals surface area (Å²) in [4.78, 5) is 8.30. The molecule has 0 aliphatic carbocycles. The summed E-state index contributed by atoms with van der Waals surface area (Å²) in [5.41, 5.74) is 3.03. The van der Waals surface area contributed by atoms with E-state index in [-0.39, 0.29) is 0 Å². The highest BCUT2D eigenvalue weighted by Crippen LogP contribution is 2.24. The van der Waals surface area contributed by atoms with Crippen LogP contribution in [0.3, 0.4) is 0 Å². The quantitative estimate of drug-likeness (QED) is 0.721. The molecule has 3 heteroatoms. The molecular weight excluding hydrogens is 210 g/mol. The van der Waals surface area contributed by atoms with Gasteiger partial charge >= 0.3 is 0 Å². The Morgan fingerprint density at radius 3 is 2.65 bits per heavy atom. The van der Waals surface area contributed by atoms with Crippen LogP contribution in [0.2, 0.25) is 0 Å². The first-order chi connectivity index (χ1) is 8.43. The SMILES string of the molecule is c1ccc(Nc2cccc3ncncc23)cc1. The maximum Gasteiger partial charge on any atom is 0.116 e. The average Bonchev–Trinajstić information content (AvgIpc) is 2.40. The number of fused-ring (bicyclic) bond motifs is 1. The number of hydrogen-bond donors (Lipinski definition) is 1. The zero-order valence-corrected chi connectivity index (χ0v) is 9.17. The lowest BCUT2D eigenvalue weighted by molar-refractivity contribution is 1.22. The second kappa shape index (κ2) is 4.22. The van der Waals surface area contributed by atoms with Gasteiger partial charge in [0.1, 0.15) is 6.33 Å². The molecule has 17 heavy (non-hydrogen) atoms. The molecule has 2 aromatic carbocycles. The maximum atomic E-state index is 4.23. The van der Waals surface area contributed by atoms with E-state index >= 15 is 0 Å². The lowest BCUT2D eigenvalue weighted by Crippen LogP contribution is -1.92. The van der Waals surface area contributed by atoms with Crippen LogP contribution in [-0.2, 0) is 0 Å². The van der Waals surface area contributed by atoms with Gasteiger partial charge in [0.15, 0.2) is 0 Å². The number of para-hydroxylation sites is 1. The van der Waals surface area contributed by atoms with E-state index in [1.807, 2.05) is 54.7 Å². The van der Waals surface area contributed by atoms with Crippen molar-refractivity contribution < 1.29 is 0 Å². The number of benzene rings is 2. The fraction of sp³-hybridized carbons (Fsp3) is 0. The molecule has 0 aliphatic heterocycles. The second-order valence-electron chi connectivity index (χ2n) is 3.75. The smallest absolute Gasteiger partial charge is 0.116 e. The lowest BCUT2D eigenvalue weighted by Gasteiger charge is -2.08. The molecule has 3 nitrogen and oxygen atoms in total. The Kier molecular flexibility index (Phi) is 2.43. The van der Waals surface area contributed by atoms with Gasteiger partial charge in [0.25, 0.3) is 0 Å². The van der Waals surface area contributed by atoms with E-state index in [1.54, 1.807) is 6.33 Å². The van der Waals surface area contributed by atoms with Crippen molar-refractivity contribution in [3.05, 3.63) is 61.1 Å². The highest BCUT2D eigenvalue weighted by atomic mass is 14.9. The summed E-state index contributed by atoms with van der Waals surface area (Å²) >= 11 is 0. The van der Waals surface area contributed by atoms with Crippen LogP contribution in [0.5, 0.6) is 0 Å². The second-order valence-corrected chi connectivity index (χ2v) is 3.75. The molecule has 0 spiro atoms. The minimum Gasteiger partial charge on any atom is -0.355 e. The number of aromatic nitrogens is 2. The van der Waals surface area contributed by atoms with Gasteiger partial charge in [0, 0.05) is 23.0 Å². The Morgan fingerprint density at radius 2 is 1.76 bits per heavy atom. The largest absolute Gasteiger partial charge is 0.355 e. The number of hydrogen-bond acceptors (Lipinski definition) is 3. The van der Waals surface area contributed by atoms with E-state index < -0.39 is 0 Å². The van der Waals surface area contributed by atoms with Gasteiger partial charge < -0.3 is 5.32 Å². The Morgan fingerprint density at radius 1 is 0.882 bits per heavy atom. The van der Waals surface area contributed by atoms with E-state index in [0.29, 0.717) is 0 Å². The Hall–Kier alpha value is -2.42. The summed E-state index contributed by atoms with van der Waals surface area (Å²) in [6.45, 7) is 0. The van der Waals surface area contributed by atoms with Crippen molar-refractivity contribution in [3.8, 4) is 0 Å². The van der Waals surface area contributed by atoms with Gasteiger partial charge in [0.2, 0.25) is 0 Å². The van der Waals surface area contributed by atoms with Crippen molar-refractivity contribution in [2.45, 2.75) is 0 Å². The summed E-state index contributed by atoms with van der Waals surface area (Å²) in [6.07, 6.45) is 3.39. The van der Waals surface area contributed by atoms with Crippen LogP contribution in [0.25, 0.3) is 10.9 Å². The average molecular weight is 221 g/mol. The Balaban J connectivity index is 2.06. The van der Waals surface area contributed by atoms with Crippen LogP contribution < -0.4 is 5.32 Å². The van der Waals surface area contributed by atoms with E-state index in [9.17, 15) is 0 Å². The van der Waals surface area contributed by atoms with Crippen molar-refractivity contribution in [1.82, 2.24) is 9.97 Å². The van der Waals surface area contributed by atoms with Crippen LogP contribution in [0.1, 0.15) is 0 Å². The predicted octanol–water partition coefficient (Wildman–Crippen LogP) is 3.37. The molecule has 1 heterocycles. The number of nitrogens with zero attached hydrogens (tertiary/aromatic N) is 2. The van der Waals surface area contributed by atoms with E-state index in [0.717, 1.165) is 22.3 Å². The molecule has 0 unspecified atom stereocenters. The van der Waals surface area contributed by atoms with Crippen LogP contribution >= 0.6 is 0 Å². The van der Waals surface area contributed by atoms with Crippen molar-refractivity contribution in [2.75, 3.05) is 5.32 Å². The van der Waals surface area contributed by atoms with Crippen LogP contribution in [0, 0.1) is 0 Å². The molecule has 82 valence electrons. The van der Waals surface area contributed by atoms with Gasteiger partial charge in [-0.3, -0.25) is 0 Å². The Labute approximate surface area is 99.2 Å². The number of rotatable bonds is 2. The standard InChI is InChI=1S/C14H11N3/c1-2-5-11(6-3-1)17-14-8-4-7-13-12(14)9-15-10-16-13/h1-10,17H. The summed E-state index contributed by atoms with van der Waals surface area (Å²) in [6, 6.07) is 16.1. The molecule has 3 rings (SSSR count). The van der Waals surface area contributed by atoms with Crippen molar-refractivity contribution >= 4 is 22.3 Å². The van der Waals surface area contributed by atoms with E-state index in [4.69, 9.17) is 0 Å². The first-order valence-electron chi connectivity index (χ1n) is 5.44. The van der Waals surface area contributed by atoms with Gasteiger partial charge in [-0.25, -0.2) is 9.97 Å². The summed E-state index contributed by atoms with van der Waals surface area (Å²) in [5, 5.41) is 4.39. The summed E-state index contributed by atoms with van der Waals surface area (Å²) < 4.78 is 0. The molecule has 0 fully saturated rings. The molecule has 0 amide bonds. The molecule has 0 radical (unpaired) electrons. The number of anilines is 2. The predicted molar refractivity (Wildman–Crippen MR) is 69.3 cm³/mol. The van der Waals surface area contributed by atoms with Gasteiger partial charge in [-0.1, -0.05) is 24.3 Å². The Bertz CT molecular complexity index is 630. The normalized spacial score (nSPS) is 10.4. The van der Waals surface area contributed by atoms with Crippen LogP contribution in [0.4, 0.5) is 11.4 Å². The molecular formula is C14H11N3. The third kappa shape index (κ3) is 1.95. The number of nitrogens with one attached hydrogen (secondary N) is 1. The van der Waals surface area contributed by atoms with E-state index in [2.05, 4.69) is 15.3 Å². The fourth-order valence-electron chi connectivity index (χ4n) is 1.79. The zero-order chi connectivity index (χ0) is 11.5. The fourth-order valence-corrected chi connectivity index (χ4v) is 1.79. The maximum absolute atomic E-state index is 4.23. The molecule has 0 bridgehead atoms. The first kappa shape index (κ1) is 9.78. The van der Waals surface area contributed by atoms with Crippen LogP contribution in [-0.4, -0.2) is 9.97 Å². The highest BCUT2D eigenvalue weighted by Gasteiger charge is 2.01. The first-order valence-corrected chi connectivity index (χ1v) is 5.44.